The quantitative estimate of drug-likeness (QED) is 0.643. The highest BCUT2D eigenvalue weighted by molar-refractivity contribution is 5.85. The van der Waals surface area contributed by atoms with Crippen LogP contribution in [0.15, 0.2) is 55.1 Å². The van der Waals surface area contributed by atoms with Crippen LogP contribution in [0, 0.1) is 5.41 Å². The van der Waals surface area contributed by atoms with Crippen molar-refractivity contribution in [2.45, 2.75) is 38.5 Å². The number of nitrogens with one attached hydrogen (secondary N) is 1. The predicted molar refractivity (Wildman–Crippen MR) is 122 cm³/mol. The van der Waals surface area contributed by atoms with Crippen LogP contribution in [0.1, 0.15) is 24.8 Å². The average molecular weight is 450 g/mol. The molecule has 0 bridgehead atoms. The van der Waals surface area contributed by atoms with Crippen molar-refractivity contribution >= 4 is 24.8 Å². The molecule has 0 amide bonds. The van der Waals surface area contributed by atoms with E-state index < -0.39 is 0 Å². The minimum Gasteiger partial charge on any atom is -0.376 e. The Morgan fingerprint density at radius 3 is 2.70 bits per heavy atom. The van der Waals surface area contributed by atoms with E-state index in [0.717, 1.165) is 50.6 Å². The fraction of sp³-hybridized carbons (Fsp3) is 0.455. The molecule has 1 unspecified atom stereocenters. The molecular formula is C22H29Cl2N5O. The molecule has 6 nitrogen and oxygen atoms in total. The van der Waals surface area contributed by atoms with Gasteiger partial charge < -0.3 is 14.6 Å². The minimum atomic E-state index is 0. The normalized spacial score (nSPS) is 19.9. The van der Waals surface area contributed by atoms with E-state index in [4.69, 9.17) is 9.72 Å². The van der Waals surface area contributed by atoms with Gasteiger partial charge in [-0.25, -0.2) is 4.98 Å². The van der Waals surface area contributed by atoms with E-state index in [2.05, 4.69) is 45.4 Å². The van der Waals surface area contributed by atoms with Crippen molar-refractivity contribution in [2.24, 2.45) is 5.41 Å². The fourth-order valence-electron chi connectivity index (χ4n) is 4.68. The standard InChI is InChI=1S/C22H27N5O.2ClH/c1-2-5-20(18(4-1)15-27-12-3-8-25-27)21-24-11-13-26(21)16-19-14-22(17-28-19)6-9-23-10-7-22;;/h1-5,8,11-13,19,23H,6-7,9-10,14-17H2;2*1H. The summed E-state index contributed by atoms with van der Waals surface area (Å²) in [6, 6.07) is 10.4. The number of piperidine rings is 1. The number of nitrogens with zero attached hydrogens (tertiary/aromatic N) is 4. The van der Waals surface area contributed by atoms with Crippen molar-refractivity contribution in [3.05, 3.63) is 60.7 Å². The van der Waals surface area contributed by atoms with Crippen molar-refractivity contribution in [1.29, 1.82) is 0 Å². The topological polar surface area (TPSA) is 56.9 Å². The van der Waals surface area contributed by atoms with Gasteiger partial charge in [0, 0.05) is 30.4 Å². The first-order chi connectivity index (χ1) is 13.8. The van der Waals surface area contributed by atoms with Gasteiger partial charge in [0.2, 0.25) is 0 Å². The molecule has 2 aliphatic heterocycles. The molecule has 2 fully saturated rings. The number of ether oxygens (including phenoxy) is 1. The zero-order valence-corrected chi connectivity index (χ0v) is 18.6. The summed E-state index contributed by atoms with van der Waals surface area (Å²) in [5, 5.41) is 7.83. The number of hydrogen-bond acceptors (Lipinski definition) is 4. The molecule has 1 spiro atoms. The lowest BCUT2D eigenvalue weighted by atomic mass is 9.77. The summed E-state index contributed by atoms with van der Waals surface area (Å²) in [6.45, 7) is 4.74. The molecule has 0 aliphatic carbocycles. The van der Waals surface area contributed by atoms with Gasteiger partial charge in [0.1, 0.15) is 5.82 Å². The maximum atomic E-state index is 6.24. The van der Waals surface area contributed by atoms with Crippen LogP contribution < -0.4 is 5.32 Å². The van der Waals surface area contributed by atoms with E-state index in [9.17, 15) is 0 Å². The average Bonchev–Trinajstić information content (AvgIpc) is 3.46. The molecule has 2 saturated heterocycles. The van der Waals surface area contributed by atoms with Gasteiger partial charge in [0.15, 0.2) is 0 Å². The first-order valence-electron chi connectivity index (χ1n) is 10.2. The van der Waals surface area contributed by atoms with Crippen LogP contribution >= 0.6 is 24.8 Å². The summed E-state index contributed by atoms with van der Waals surface area (Å²) in [4.78, 5) is 4.69. The molecular weight excluding hydrogens is 421 g/mol. The Labute approximate surface area is 189 Å². The third kappa shape index (κ3) is 4.72. The lowest BCUT2D eigenvalue weighted by Gasteiger charge is -2.32. The number of rotatable bonds is 5. The number of imidazole rings is 1. The zero-order chi connectivity index (χ0) is 18.8. The number of aromatic nitrogens is 4. The van der Waals surface area contributed by atoms with Crippen LogP contribution in [-0.4, -0.2) is 45.1 Å². The SMILES string of the molecule is Cl.Cl.c1ccc(-c2nccn2CC2CC3(CCNCC3)CO2)c(Cn2cccn2)c1. The smallest absolute Gasteiger partial charge is 0.140 e. The molecule has 1 atom stereocenters. The summed E-state index contributed by atoms with van der Waals surface area (Å²) in [7, 11) is 0. The van der Waals surface area contributed by atoms with Gasteiger partial charge in [0.05, 0.1) is 25.8 Å². The number of benzene rings is 1. The Kier molecular flexibility index (Phi) is 7.58. The molecule has 2 aromatic heterocycles. The Bertz CT molecular complexity index is 921. The molecule has 1 N–H and O–H groups in total. The van der Waals surface area contributed by atoms with Gasteiger partial charge in [-0.05, 0) is 49.4 Å². The molecule has 0 radical (unpaired) electrons. The van der Waals surface area contributed by atoms with E-state index >= 15 is 0 Å². The Hall–Kier alpha value is -1.86. The van der Waals surface area contributed by atoms with Crippen LogP contribution in [-0.2, 0) is 17.8 Å². The summed E-state index contributed by atoms with van der Waals surface area (Å²) in [6.07, 6.45) is 11.7. The molecule has 162 valence electrons. The highest BCUT2D eigenvalue weighted by atomic mass is 35.5. The van der Waals surface area contributed by atoms with Crippen molar-refractivity contribution in [3.63, 3.8) is 0 Å². The van der Waals surface area contributed by atoms with E-state index in [-0.39, 0.29) is 30.9 Å². The third-order valence-electron chi connectivity index (χ3n) is 6.22. The number of halogens is 2. The van der Waals surface area contributed by atoms with Crippen molar-refractivity contribution < 1.29 is 4.74 Å². The number of hydrogen-bond donors (Lipinski definition) is 1. The molecule has 30 heavy (non-hydrogen) atoms. The van der Waals surface area contributed by atoms with Gasteiger partial charge in [-0.15, -0.1) is 24.8 Å². The summed E-state index contributed by atoms with van der Waals surface area (Å²) >= 11 is 0. The lowest BCUT2D eigenvalue weighted by molar-refractivity contribution is 0.0778. The van der Waals surface area contributed by atoms with Crippen molar-refractivity contribution in [2.75, 3.05) is 19.7 Å². The fourth-order valence-corrected chi connectivity index (χ4v) is 4.68. The Morgan fingerprint density at radius 2 is 1.90 bits per heavy atom. The second-order valence-corrected chi connectivity index (χ2v) is 8.15. The van der Waals surface area contributed by atoms with Crippen LogP contribution in [0.4, 0.5) is 0 Å². The Balaban J connectivity index is 0.00000128. The van der Waals surface area contributed by atoms with Crippen LogP contribution in [0.3, 0.4) is 0 Å². The summed E-state index contributed by atoms with van der Waals surface area (Å²) < 4.78 is 10.4. The molecule has 1 aromatic carbocycles. The first-order valence-corrected chi connectivity index (χ1v) is 10.2. The predicted octanol–water partition coefficient (Wildman–Crippen LogP) is 3.80. The maximum Gasteiger partial charge on any atom is 0.140 e. The van der Waals surface area contributed by atoms with Crippen molar-refractivity contribution in [1.82, 2.24) is 24.6 Å². The monoisotopic (exact) mass is 449 g/mol. The van der Waals surface area contributed by atoms with Crippen molar-refractivity contribution in [3.8, 4) is 11.4 Å². The molecule has 3 aromatic rings. The van der Waals surface area contributed by atoms with E-state index in [1.807, 2.05) is 29.3 Å². The molecule has 8 heteroatoms. The van der Waals surface area contributed by atoms with Gasteiger partial charge in [0.25, 0.3) is 0 Å². The van der Waals surface area contributed by atoms with Crippen LogP contribution in [0.25, 0.3) is 11.4 Å². The summed E-state index contributed by atoms with van der Waals surface area (Å²) in [5.41, 5.74) is 2.77. The lowest BCUT2D eigenvalue weighted by Crippen LogP contribution is -2.37. The highest BCUT2D eigenvalue weighted by Gasteiger charge is 2.40. The molecule has 2 aliphatic rings. The molecule has 4 heterocycles. The summed E-state index contributed by atoms with van der Waals surface area (Å²) in [5.74, 6) is 1.01. The third-order valence-corrected chi connectivity index (χ3v) is 6.22. The van der Waals surface area contributed by atoms with Crippen LogP contribution in [0.2, 0.25) is 0 Å². The van der Waals surface area contributed by atoms with E-state index in [1.165, 1.54) is 18.4 Å². The van der Waals surface area contributed by atoms with E-state index in [1.54, 1.807) is 0 Å². The Morgan fingerprint density at radius 1 is 1.07 bits per heavy atom. The zero-order valence-electron chi connectivity index (χ0n) is 16.9. The van der Waals surface area contributed by atoms with E-state index in [0.29, 0.717) is 5.41 Å². The largest absolute Gasteiger partial charge is 0.376 e. The second-order valence-electron chi connectivity index (χ2n) is 8.15. The molecule has 5 rings (SSSR count). The van der Waals surface area contributed by atoms with Gasteiger partial charge in [-0.3, -0.25) is 4.68 Å². The van der Waals surface area contributed by atoms with Crippen LogP contribution in [0.5, 0.6) is 0 Å². The second kappa shape index (κ2) is 9.96. The van der Waals surface area contributed by atoms with Gasteiger partial charge in [-0.1, -0.05) is 24.3 Å². The van der Waals surface area contributed by atoms with Gasteiger partial charge >= 0.3 is 0 Å². The maximum absolute atomic E-state index is 6.24. The first kappa shape index (κ1) is 22.8. The minimum absolute atomic E-state index is 0. The van der Waals surface area contributed by atoms with Gasteiger partial charge in [-0.2, -0.15) is 5.10 Å². The highest BCUT2D eigenvalue weighted by Crippen LogP contribution is 2.41. The molecule has 0 saturated carbocycles.